The highest BCUT2D eigenvalue weighted by Gasteiger charge is 2.26. The van der Waals surface area contributed by atoms with Gasteiger partial charge in [-0.3, -0.25) is 4.84 Å². The maximum absolute atomic E-state index is 13.4. The van der Waals surface area contributed by atoms with Crippen molar-refractivity contribution in [3.05, 3.63) is 66.0 Å². The number of carboxylic acid groups (broad SMARTS) is 1. The third-order valence-electron chi connectivity index (χ3n) is 5.94. The van der Waals surface area contributed by atoms with Crippen LogP contribution < -0.4 is 5.90 Å². The van der Waals surface area contributed by atoms with Crippen molar-refractivity contribution < 1.29 is 19.1 Å². The van der Waals surface area contributed by atoms with Crippen molar-refractivity contribution in [2.45, 2.75) is 63.5 Å². The number of carbonyl (C=O) groups is 1. The molecule has 0 bridgehead atoms. The summed E-state index contributed by atoms with van der Waals surface area (Å²) < 4.78 is 15.5. The Hall–Kier alpha value is -2.51. The zero-order valence-electron chi connectivity index (χ0n) is 17.1. The zero-order valence-corrected chi connectivity index (χ0v) is 17.1. The summed E-state index contributed by atoms with van der Waals surface area (Å²) in [6, 6.07) is 6.66. The van der Waals surface area contributed by atoms with Gasteiger partial charge < -0.3 is 9.67 Å². The number of halogens is 1. The summed E-state index contributed by atoms with van der Waals surface area (Å²) >= 11 is 0. The number of hydrogen-bond acceptors (Lipinski definition) is 4. The molecule has 2 aromatic rings. The van der Waals surface area contributed by atoms with Crippen molar-refractivity contribution in [2.75, 3.05) is 0 Å². The van der Waals surface area contributed by atoms with E-state index >= 15 is 0 Å². The number of aliphatic carboxylic acids is 1. The summed E-state index contributed by atoms with van der Waals surface area (Å²) in [6.07, 6.45) is 14.2. The van der Waals surface area contributed by atoms with Crippen molar-refractivity contribution in [2.24, 2.45) is 11.8 Å². The SMILES string of the molecule is NOC(CC/C=C(\C1CCCCC1)C(Cc1ccc(F)cc1)n1ccnc1)C(=O)O. The Morgan fingerprint density at radius 1 is 1.30 bits per heavy atom. The molecule has 1 heterocycles. The molecule has 1 aromatic carbocycles. The third kappa shape index (κ3) is 6.00. The van der Waals surface area contributed by atoms with Crippen LogP contribution in [0.15, 0.2) is 54.6 Å². The number of benzene rings is 1. The Morgan fingerprint density at radius 3 is 2.63 bits per heavy atom. The molecular formula is C23H30FN3O3. The first kappa shape index (κ1) is 22.2. The van der Waals surface area contributed by atoms with Crippen molar-refractivity contribution in [1.82, 2.24) is 9.55 Å². The van der Waals surface area contributed by atoms with Gasteiger partial charge in [0.05, 0.1) is 12.4 Å². The zero-order chi connectivity index (χ0) is 21.3. The number of rotatable bonds is 10. The summed E-state index contributed by atoms with van der Waals surface area (Å²) in [5, 5.41) is 9.20. The van der Waals surface area contributed by atoms with Gasteiger partial charge in [0.15, 0.2) is 6.10 Å². The van der Waals surface area contributed by atoms with E-state index in [4.69, 9.17) is 5.90 Å². The molecule has 1 fully saturated rings. The summed E-state index contributed by atoms with van der Waals surface area (Å²) in [6.45, 7) is 0. The average molecular weight is 416 g/mol. The van der Waals surface area contributed by atoms with Crippen LogP contribution >= 0.6 is 0 Å². The predicted octanol–water partition coefficient (Wildman–Crippen LogP) is 4.44. The highest BCUT2D eigenvalue weighted by atomic mass is 19.1. The second-order valence-electron chi connectivity index (χ2n) is 7.94. The summed E-state index contributed by atoms with van der Waals surface area (Å²) in [5.74, 6) is 4.28. The second-order valence-corrected chi connectivity index (χ2v) is 7.94. The fraction of sp³-hybridized carbons (Fsp3) is 0.478. The van der Waals surface area contributed by atoms with Crippen LogP contribution in [0.5, 0.6) is 0 Å². The Kier molecular flexibility index (Phi) is 8.16. The minimum absolute atomic E-state index is 0.0446. The van der Waals surface area contributed by atoms with Crippen molar-refractivity contribution >= 4 is 5.97 Å². The van der Waals surface area contributed by atoms with Crippen LogP contribution in [0.1, 0.15) is 56.6 Å². The lowest BCUT2D eigenvalue weighted by molar-refractivity contribution is -0.151. The minimum Gasteiger partial charge on any atom is -0.479 e. The second kappa shape index (κ2) is 11.0. The third-order valence-corrected chi connectivity index (χ3v) is 5.94. The number of nitrogens with two attached hydrogens (primary N) is 1. The van der Waals surface area contributed by atoms with E-state index in [0.717, 1.165) is 18.4 Å². The number of imidazole rings is 1. The van der Waals surface area contributed by atoms with Gasteiger partial charge in [-0.25, -0.2) is 20.1 Å². The van der Waals surface area contributed by atoms with Crippen LogP contribution in [0.4, 0.5) is 4.39 Å². The largest absolute Gasteiger partial charge is 0.479 e. The van der Waals surface area contributed by atoms with Crippen molar-refractivity contribution in [1.29, 1.82) is 0 Å². The summed E-state index contributed by atoms with van der Waals surface area (Å²) in [5.41, 5.74) is 2.34. The molecular weight excluding hydrogens is 385 g/mol. The van der Waals surface area contributed by atoms with Gasteiger partial charge >= 0.3 is 5.97 Å². The Balaban J connectivity index is 1.88. The fourth-order valence-corrected chi connectivity index (χ4v) is 4.35. The van der Waals surface area contributed by atoms with E-state index in [1.54, 1.807) is 6.20 Å². The summed E-state index contributed by atoms with van der Waals surface area (Å²) in [4.78, 5) is 20.1. The molecule has 2 unspecified atom stereocenters. The molecule has 0 aliphatic heterocycles. The normalized spacial score (nSPS) is 17.6. The predicted molar refractivity (Wildman–Crippen MR) is 112 cm³/mol. The molecule has 1 aliphatic rings. The molecule has 7 heteroatoms. The van der Waals surface area contributed by atoms with E-state index in [1.807, 2.05) is 24.7 Å². The Bertz CT molecular complexity index is 815. The number of allylic oxidation sites excluding steroid dienone is 2. The van der Waals surface area contributed by atoms with Gasteiger partial charge in [-0.2, -0.15) is 0 Å². The van der Waals surface area contributed by atoms with Gasteiger partial charge in [0, 0.05) is 12.4 Å². The Morgan fingerprint density at radius 2 is 2.03 bits per heavy atom. The lowest BCUT2D eigenvalue weighted by Crippen LogP contribution is -2.27. The highest BCUT2D eigenvalue weighted by Crippen LogP contribution is 2.37. The maximum Gasteiger partial charge on any atom is 0.334 e. The molecule has 0 saturated heterocycles. The van der Waals surface area contributed by atoms with E-state index in [-0.39, 0.29) is 11.9 Å². The molecule has 3 rings (SSSR count). The van der Waals surface area contributed by atoms with E-state index in [1.165, 1.54) is 37.0 Å². The molecule has 1 aliphatic carbocycles. The molecule has 6 nitrogen and oxygen atoms in total. The van der Waals surface area contributed by atoms with E-state index < -0.39 is 12.1 Å². The first-order valence-electron chi connectivity index (χ1n) is 10.6. The van der Waals surface area contributed by atoms with Crippen molar-refractivity contribution in [3.63, 3.8) is 0 Å². The van der Waals surface area contributed by atoms with Gasteiger partial charge in [0.25, 0.3) is 0 Å². The lowest BCUT2D eigenvalue weighted by atomic mass is 9.79. The molecule has 162 valence electrons. The van der Waals surface area contributed by atoms with Gasteiger partial charge in [-0.1, -0.05) is 37.5 Å². The Labute approximate surface area is 176 Å². The monoisotopic (exact) mass is 415 g/mol. The number of aromatic nitrogens is 2. The van der Waals surface area contributed by atoms with Crippen LogP contribution in [0.25, 0.3) is 0 Å². The van der Waals surface area contributed by atoms with Gasteiger partial charge in [-0.05, 0) is 61.3 Å². The number of hydrogen-bond donors (Lipinski definition) is 2. The molecule has 2 atom stereocenters. The molecule has 0 radical (unpaired) electrons. The number of carboxylic acids is 1. The van der Waals surface area contributed by atoms with Crippen LogP contribution in [0, 0.1) is 11.7 Å². The van der Waals surface area contributed by atoms with Crippen LogP contribution in [0.3, 0.4) is 0 Å². The standard InChI is InChI=1S/C23H30FN3O3/c24-19-11-9-17(10-12-19)15-21(27-14-13-26-16-27)20(18-5-2-1-3-6-18)7-4-8-22(30-25)23(28)29/h7,9-14,16,18,21-22H,1-6,8,15,25H2,(H,28,29)/b20-7+. The van der Waals surface area contributed by atoms with Crippen LogP contribution in [-0.4, -0.2) is 26.7 Å². The van der Waals surface area contributed by atoms with Gasteiger partial charge in [0.1, 0.15) is 5.82 Å². The first-order valence-corrected chi connectivity index (χ1v) is 10.6. The van der Waals surface area contributed by atoms with Gasteiger partial charge in [-0.15, -0.1) is 0 Å². The molecule has 3 N–H and O–H groups in total. The maximum atomic E-state index is 13.4. The minimum atomic E-state index is -1.05. The number of nitrogens with zero attached hydrogens (tertiary/aromatic N) is 2. The van der Waals surface area contributed by atoms with E-state index in [0.29, 0.717) is 25.2 Å². The highest BCUT2D eigenvalue weighted by molar-refractivity contribution is 5.72. The average Bonchev–Trinajstić information content (AvgIpc) is 3.29. The van der Waals surface area contributed by atoms with E-state index in [2.05, 4.69) is 20.5 Å². The lowest BCUT2D eigenvalue weighted by Gasteiger charge is -2.31. The summed E-state index contributed by atoms with van der Waals surface area (Å²) in [7, 11) is 0. The van der Waals surface area contributed by atoms with Crippen LogP contribution in [0.2, 0.25) is 0 Å². The van der Waals surface area contributed by atoms with E-state index in [9.17, 15) is 14.3 Å². The fourth-order valence-electron chi connectivity index (χ4n) is 4.35. The van der Waals surface area contributed by atoms with Crippen molar-refractivity contribution in [3.8, 4) is 0 Å². The molecule has 30 heavy (non-hydrogen) atoms. The van der Waals surface area contributed by atoms with Gasteiger partial charge in [0.2, 0.25) is 0 Å². The molecule has 1 saturated carbocycles. The quantitative estimate of drug-likeness (QED) is 0.442. The van der Waals surface area contributed by atoms with Crippen LogP contribution in [-0.2, 0) is 16.1 Å². The topological polar surface area (TPSA) is 90.4 Å². The molecule has 1 aromatic heterocycles. The first-order chi connectivity index (χ1) is 14.6. The molecule has 0 spiro atoms. The molecule has 0 amide bonds. The smallest absolute Gasteiger partial charge is 0.334 e.